The van der Waals surface area contributed by atoms with E-state index in [0.717, 1.165) is 31.5 Å². The van der Waals surface area contributed by atoms with Crippen molar-refractivity contribution in [1.82, 2.24) is 35.7 Å². The molecule has 2 aliphatic heterocycles. The molecule has 2 aromatic heterocycles. The highest BCUT2D eigenvalue weighted by Crippen LogP contribution is 2.27. The van der Waals surface area contributed by atoms with Gasteiger partial charge in [0.05, 0.1) is 12.6 Å². The molecule has 2 atom stereocenters. The first-order valence-electron chi connectivity index (χ1n) is 16.5. The lowest BCUT2D eigenvalue weighted by Gasteiger charge is -2.29. The van der Waals surface area contributed by atoms with Crippen molar-refractivity contribution in [3.8, 4) is 0 Å². The first-order chi connectivity index (χ1) is 22.7. The Morgan fingerprint density at radius 1 is 0.979 bits per heavy atom. The number of rotatable bonds is 5. The lowest BCUT2D eigenvalue weighted by atomic mass is 10.0. The summed E-state index contributed by atoms with van der Waals surface area (Å²) < 4.78 is 6.02. The van der Waals surface area contributed by atoms with Crippen LogP contribution in [0.5, 0.6) is 0 Å². The first-order valence-corrected chi connectivity index (χ1v) is 17.4. The van der Waals surface area contributed by atoms with Crippen molar-refractivity contribution in [2.45, 2.75) is 71.4 Å². The third-order valence-electron chi connectivity index (χ3n) is 8.58. The molecule has 0 radical (unpaired) electrons. The smallest absolute Gasteiger partial charge is 0.274 e. The molecule has 0 spiro atoms. The molecule has 0 saturated carbocycles. The number of nitrogens with zero attached hydrogens (tertiary/aromatic N) is 4. The van der Waals surface area contributed by atoms with Gasteiger partial charge in [0.2, 0.25) is 17.7 Å². The van der Waals surface area contributed by atoms with Crippen LogP contribution in [0.1, 0.15) is 101 Å². The van der Waals surface area contributed by atoms with Gasteiger partial charge in [0.1, 0.15) is 22.5 Å². The van der Waals surface area contributed by atoms with Crippen LogP contribution in [0.3, 0.4) is 0 Å². The van der Waals surface area contributed by atoms with Gasteiger partial charge in [-0.15, -0.1) is 11.3 Å². The maximum Gasteiger partial charge on any atom is 0.274 e. The molecule has 5 rings (SSSR count). The number of carbonyl (C=O) groups excluding carboxylic acids is 4. The fourth-order valence-electron chi connectivity index (χ4n) is 5.95. The molecule has 2 aliphatic rings. The van der Waals surface area contributed by atoms with Gasteiger partial charge in [0, 0.05) is 37.9 Å². The number of thiazole rings is 1. The predicted octanol–water partition coefficient (Wildman–Crippen LogP) is 3.80. The number of hydrogen-bond donors (Lipinski definition) is 3. The van der Waals surface area contributed by atoms with E-state index in [-0.39, 0.29) is 53.9 Å². The summed E-state index contributed by atoms with van der Waals surface area (Å²) in [6.07, 6.45) is 4.37. The van der Waals surface area contributed by atoms with E-state index in [2.05, 4.69) is 30.8 Å². The van der Waals surface area contributed by atoms with Crippen LogP contribution < -0.4 is 16.0 Å². The van der Waals surface area contributed by atoms with Crippen molar-refractivity contribution in [2.75, 3.05) is 39.3 Å². The Labute approximate surface area is 279 Å². The number of aromatic nitrogens is 2. The molecule has 1 fully saturated rings. The van der Waals surface area contributed by atoms with Crippen molar-refractivity contribution in [1.29, 1.82) is 0 Å². The van der Waals surface area contributed by atoms with Gasteiger partial charge in [-0.3, -0.25) is 24.1 Å². The minimum atomic E-state index is -0.606. The molecule has 4 heterocycles. The summed E-state index contributed by atoms with van der Waals surface area (Å²) in [6, 6.07) is 8.63. The second-order valence-corrected chi connectivity index (χ2v) is 13.5. The summed E-state index contributed by atoms with van der Waals surface area (Å²) >= 11 is 1.30. The summed E-state index contributed by atoms with van der Waals surface area (Å²) in [7, 11) is 0. The Kier molecular flexibility index (Phi) is 11.8. The number of likely N-dealkylation sites (tertiary alicyclic amines) is 1. The molecule has 3 N–H and O–H groups in total. The van der Waals surface area contributed by atoms with E-state index >= 15 is 0 Å². The number of nitrogens with one attached hydrogen (secondary N) is 3. The molecule has 13 heteroatoms. The minimum Gasteiger partial charge on any atom is -0.443 e. The van der Waals surface area contributed by atoms with Crippen LogP contribution in [0.4, 0.5) is 0 Å². The van der Waals surface area contributed by atoms with Gasteiger partial charge in [-0.2, -0.15) is 0 Å². The number of amides is 4. The van der Waals surface area contributed by atoms with Crippen LogP contribution in [0.2, 0.25) is 0 Å². The van der Waals surface area contributed by atoms with Gasteiger partial charge in [-0.25, -0.2) is 9.97 Å². The Bertz CT molecular complexity index is 1530. The molecule has 252 valence electrons. The third kappa shape index (κ3) is 9.25. The van der Waals surface area contributed by atoms with Crippen molar-refractivity contribution in [2.24, 2.45) is 5.92 Å². The molecule has 1 aromatic carbocycles. The summed E-state index contributed by atoms with van der Waals surface area (Å²) in [6.45, 7) is 8.66. The highest BCUT2D eigenvalue weighted by atomic mass is 32.1. The van der Waals surface area contributed by atoms with Crippen molar-refractivity contribution < 1.29 is 23.6 Å². The predicted molar refractivity (Wildman–Crippen MR) is 178 cm³/mol. The van der Waals surface area contributed by atoms with Crippen LogP contribution in [0.25, 0.3) is 0 Å². The zero-order chi connectivity index (χ0) is 33.3. The molecule has 0 aliphatic carbocycles. The van der Waals surface area contributed by atoms with Gasteiger partial charge in [0.15, 0.2) is 5.69 Å². The molecular weight excluding hydrogens is 618 g/mol. The minimum absolute atomic E-state index is 0.0140. The van der Waals surface area contributed by atoms with E-state index < -0.39 is 18.0 Å². The van der Waals surface area contributed by atoms with E-state index in [9.17, 15) is 19.2 Å². The number of aryl methyl sites for hydroxylation is 1. The van der Waals surface area contributed by atoms with E-state index in [4.69, 9.17) is 4.42 Å². The molecule has 12 nitrogen and oxygen atoms in total. The summed E-state index contributed by atoms with van der Waals surface area (Å²) in [5.74, 6) is -0.453. The monoisotopic (exact) mass is 663 g/mol. The molecule has 47 heavy (non-hydrogen) atoms. The number of carbonyl (C=O) groups is 4. The zero-order valence-corrected chi connectivity index (χ0v) is 28.2. The summed E-state index contributed by atoms with van der Waals surface area (Å²) in [5, 5.41) is 11.3. The lowest BCUT2D eigenvalue weighted by molar-refractivity contribution is -0.133. The SMILES string of the molecule is Cc1oc2nc1C(=O)N[C@@H](C(C)C)c1nc(cs1)C(=O)NCCN(C(=O)CN1CCCCC1)CCCC(=O)N[C@H]2Cc1ccccc1. The average molecular weight is 664 g/mol. The number of benzene rings is 1. The van der Waals surface area contributed by atoms with Gasteiger partial charge in [0.25, 0.3) is 11.8 Å². The second-order valence-electron chi connectivity index (χ2n) is 12.6. The largest absolute Gasteiger partial charge is 0.443 e. The molecular formula is C34H45N7O5S. The van der Waals surface area contributed by atoms with Crippen molar-refractivity contribution in [3.63, 3.8) is 0 Å². The maximum absolute atomic E-state index is 13.5. The molecule has 1 saturated heterocycles. The van der Waals surface area contributed by atoms with Crippen molar-refractivity contribution >= 4 is 35.0 Å². The maximum atomic E-state index is 13.5. The zero-order valence-electron chi connectivity index (χ0n) is 27.4. The summed E-state index contributed by atoms with van der Waals surface area (Å²) in [4.78, 5) is 66.3. The Morgan fingerprint density at radius 3 is 2.49 bits per heavy atom. The third-order valence-corrected chi connectivity index (χ3v) is 9.51. The topological polar surface area (TPSA) is 150 Å². The number of piperidine rings is 1. The lowest BCUT2D eigenvalue weighted by Crippen LogP contribution is -2.45. The van der Waals surface area contributed by atoms with E-state index in [1.807, 2.05) is 44.2 Å². The van der Waals surface area contributed by atoms with Crippen LogP contribution in [0, 0.1) is 12.8 Å². The fraction of sp³-hybridized carbons (Fsp3) is 0.529. The average Bonchev–Trinajstić information content (AvgIpc) is 3.70. The van der Waals surface area contributed by atoms with Crippen LogP contribution in [0.15, 0.2) is 40.1 Å². The normalized spacial score (nSPS) is 20.8. The highest BCUT2D eigenvalue weighted by Gasteiger charge is 2.29. The standard InChI is InChI=1S/C34H45N7O5S/c1-22(2)29-34-37-26(21-47-34)31(44)35-14-18-41(28(43)20-40-15-8-5-9-16-40)17-10-13-27(42)36-25(19-24-11-6-4-7-12-24)33-39-30(23(3)46-33)32(45)38-29/h4,6-7,11-12,21-22,25,29H,5,8-10,13-20H2,1-3H3,(H,35,44)(H,36,42)(H,38,45)/t25-,29-/m0/s1. The van der Waals surface area contributed by atoms with Gasteiger partial charge >= 0.3 is 0 Å². The van der Waals surface area contributed by atoms with E-state index in [0.29, 0.717) is 43.2 Å². The van der Waals surface area contributed by atoms with Gasteiger partial charge < -0.3 is 25.3 Å². The number of hydrogen-bond acceptors (Lipinski definition) is 9. The van der Waals surface area contributed by atoms with Crippen molar-refractivity contribution in [3.05, 3.63) is 69.3 Å². The Morgan fingerprint density at radius 2 is 1.74 bits per heavy atom. The number of fused-ring (bicyclic) bond motifs is 4. The second kappa shape index (κ2) is 16.1. The quantitative estimate of drug-likeness (QED) is 0.373. The Hall–Kier alpha value is -4.10. The van der Waals surface area contributed by atoms with E-state index in [1.165, 1.54) is 17.8 Å². The van der Waals surface area contributed by atoms with Gasteiger partial charge in [-0.1, -0.05) is 50.6 Å². The summed E-state index contributed by atoms with van der Waals surface area (Å²) in [5.41, 5.74) is 1.36. The number of oxazole rings is 1. The molecule has 4 amide bonds. The van der Waals surface area contributed by atoms with Gasteiger partial charge in [-0.05, 0) is 50.8 Å². The molecule has 4 bridgehead atoms. The molecule has 0 unspecified atom stereocenters. The van der Waals surface area contributed by atoms with Crippen LogP contribution in [-0.2, 0) is 16.0 Å². The first kappa shape index (κ1) is 34.2. The molecule has 3 aromatic rings. The van der Waals surface area contributed by atoms with E-state index in [1.54, 1.807) is 17.2 Å². The van der Waals surface area contributed by atoms with Crippen LogP contribution in [-0.4, -0.2) is 82.7 Å². The fourth-order valence-corrected chi connectivity index (χ4v) is 6.97. The Balaban J connectivity index is 1.41. The van der Waals surface area contributed by atoms with Crippen LogP contribution >= 0.6 is 11.3 Å². The highest BCUT2D eigenvalue weighted by molar-refractivity contribution is 7.09.